The fraction of sp³-hybridized carbons (Fsp3) is 0.500. The first kappa shape index (κ1) is 20.8. The minimum Gasteiger partial charge on any atom is -0.481 e. The van der Waals surface area contributed by atoms with Gasteiger partial charge in [-0.2, -0.15) is 0 Å². The highest BCUT2D eigenvalue weighted by atomic mass is 16.6. The van der Waals surface area contributed by atoms with Gasteiger partial charge in [-0.1, -0.05) is 29.4 Å². The van der Waals surface area contributed by atoms with Crippen LogP contribution in [0.15, 0.2) is 29.4 Å². The number of carbonyl (C=O) groups excluding carboxylic acids is 1. The highest BCUT2D eigenvalue weighted by Crippen LogP contribution is 2.19. The number of nitrogen functional groups attached to an aromatic ring is 1. The van der Waals surface area contributed by atoms with E-state index >= 15 is 0 Å². The van der Waals surface area contributed by atoms with Gasteiger partial charge in [0.1, 0.15) is 11.9 Å². The maximum Gasteiger partial charge on any atom is 0.305 e. The summed E-state index contributed by atoms with van der Waals surface area (Å²) in [6, 6.07) is 6.71. The third-order valence-corrected chi connectivity index (χ3v) is 5.14. The van der Waals surface area contributed by atoms with Crippen LogP contribution >= 0.6 is 0 Å². The summed E-state index contributed by atoms with van der Waals surface area (Å²) < 4.78 is 0. The Hall–Kier alpha value is -2.94. The molecule has 0 saturated carbocycles. The van der Waals surface area contributed by atoms with E-state index < -0.39 is 12.0 Å². The molecule has 29 heavy (non-hydrogen) atoms. The SMILES string of the molecule is N=C(N)c1ccc(C2=NOC(CC(=O)N[C@@H](CC(=O)O)CN3CCCC3)C2)cc1. The van der Waals surface area contributed by atoms with Crippen LogP contribution in [0.4, 0.5) is 0 Å². The average molecular weight is 401 g/mol. The minimum absolute atomic E-state index is 0.000513. The molecule has 156 valence electrons. The number of likely N-dealkylation sites (tertiary alicyclic amines) is 1. The first-order valence-corrected chi connectivity index (χ1v) is 9.81. The number of hydrogen-bond donors (Lipinski definition) is 4. The zero-order valence-electron chi connectivity index (χ0n) is 16.3. The molecule has 0 aromatic heterocycles. The second-order valence-electron chi connectivity index (χ2n) is 7.53. The smallest absolute Gasteiger partial charge is 0.305 e. The van der Waals surface area contributed by atoms with Gasteiger partial charge >= 0.3 is 5.97 Å². The molecular weight excluding hydrogens is 374 g/mol. The van der Waals surface area contributed by atoms with Crippen LogP contribution in [0.1, 0.15) is 43.2 Å². The Morgan fingerprint density at radius 3 is 2.62 bits per heavy atom. The van der Waals surface area contributed by atoms with Crippen molar-refractivity contribution >= 4 is 23.4 Å². The molecule has 5 N–H and O–H groups in total. The molecule has 0 radical (unpaired) electrons. The van der Waals surface area contributed by atoms with Crippen LogP contribution in [0, 0.1) is 5.41 Å². The van der Waals surface area contributed by atoms with E-state index in [1.54, 1.807) is 12.1 Å². The van der Waals surface area contributed by atoms with Crippen LogP contribution in [0.5, 0.6) is 0 Å². The first-order valence-electron chi connectivity index (χ1n) is 9.81. The molecular formula is C20H27N5O4. The molecule has 1 saturated heterocycles. The van der Waals surface area contributed by atoms with Crippen molar-refractivity contribution in [1.82, 2.24) is 10.2 Å². The Labute approximate surface area is 169 Å². The molecule has 2 aliphatic rings. The summed E-state index contributed by atoms with van der Waals surface area (Å²) in [5, 5.41) is 23.5. The maximum absolute atomic E-state index is 12.4. The van der Waals surface area contributed by atoms with E-state index in [1.807, 2.05) is 12.1 Å². The molecule has 0 aliphatic carbocycles. The Morgan fingerprint density at radius 1 is 1.31 bits per heavy atom. The zero-order valence-corrected chi connectivity index (χ0v) is 16.3. The van der Waals surface area contributed by atoms with Crippen molar-refractivity contribution in [3.63, 3.8) is 0 Å². The lowest BCUT2D eigenvalue weighted by molar-refractivity contribution is -0.137. The van der Waals surface area contributed by atoms with Crippen molar-refractivity contribution in [2.24, 2.45) is 10.9 Å². The fourth-order valence-electron chi connectivity index (χ4n) is 3.69. The maximum atomic E-state index is 12.4. The molecule has 1 fully saturated rings. The Morgan fingerprint density at radius 2 is 2.00 bits per heavy atom. The number of carboxylic acid groups (broad SMARTS) is 1. The van der Waals surface area contributed by atoms with E-state index in [9.17, 15) is 9.59 Å². The summed E-state index contributed by atoms with van der Waals surface area (Å²) >= 11 is 0. The second-order valence-corrected chi connectivity index (χ2v) is 7.53. The lowest BCUT2D eigenvalue weighted by Gasteiger charge is -2.23. The van der Waals surface area contributed by atoms with Gasteiger partial charge in [0.2, 0.25) is 5.91 Å². The number of nitrogens with zero attached hydrogens (tertiary/aromatic N) is 2. The molecule has 9 heteroatoms. The van der Waals surface area contributed by atoms with E-state index in [0.717, 1.165) is 37.2 Å². The molecule has 1 aromatic carbocycles. The van der Waals surface area contributed by atoms with E-state index in [4.69, 9.17) is 21.1 Å². The zero-order chi connectivity index (χ0) is 20.8. The van der Waals surface area contributed by atoms with E-state index in [0.29, 0.717) is 18.5 Å². The number of carbonyl (C=O) groups is 2. The van der Waals surface area contributed by atoms with Crippen LogP contribution in [0.25, 0.3) is 0 Å². The van der Waals surface area contributed by atoms with Crippen molar-refractivity contribution in [2.75, 3.05) is 19.6 Å². The Bertz CT molecular complexity index is 787. The summed E-state index contributed by atoms with van der Waals surface area (Å²) in [7, 11) is 0. The number of rotatable bonds is 9. The van der Waals surface area contributed by atoms with Crippen molar-refractivity contribution in [1.29, 1.82) is 5.41 Å². The van der Waals surface area contributed by atoms with Crippen LogP contribution in [-0.2, 0) is 14.4 Å². The van der Waals surface area contributed by atoms with E-state index in [2.05, 4.69) is 15.4 Å². The molecule has 1 amide bonds. The van der Waals surface area contributed by atoms with E-state index in [1.165, 1.54) is 0 Å². The summed E-state index contributed by atoms with van der Waals surface area (Å²) in [6.07, 6.45) is 2.35. The predicted octanol–water partition coefficient (Wildman–Crippen LogP) is 0.909. The largest absolute Gasteiger partial charge is 0.481 e. The lowest BCUT2D eigenvalue weighted by Crippen LogP contribution is -2.45. The predicted molar refractivity (Wildman–Crippen MR) is 108 cm³/mol. The summed E-state index contributed by atoms with van der Waals surface area (Å²) in [5.74, 6) is -1.16. The normalized spacial score (nSPS) is 20.0. The molecule has 1 unspecified atom stereocenters. The summed E-state index contributed by atoms with van der Waals surface area (Å²) in [4.78, 5) is 31.2. The number of nitrogens with one attached hydrogen (secondary N) is 2. The van der Waals surface area contributed by atoms with Crippen molar-refractivity contribution < 1.29 is 19.5 Å². The van der Waals surface area contributed by atoms with Gasteiger partial charge in [0.15, 0.2) is 0 Å². The van der Waals surface area contributed by atoms with Gasteiger partial charge in [-0.15, -0.1) is 0 Å². The van der Waals surface area contributed by atoms with Crippen LogP contribution in [0.3, 0.4) is 0 Å². The third-order valence-electron chi connectivity index (χ3n) is 5.14. The number of carboxylic acids is 1. The number of amidine groups is 1. The summed E-state index contributed by atoms with van der Waals surface area (Å²) in [6.45, 7) is 2.43. The van der Waals surface area contributed by atoms with Gasteiger partial charge in [0.25, 0.3) is 0 Å². The minimum atomic E-state index is -0.925. The molecule has 2 aliphatic heterocycles. The van der Waals surface area contributed by atoms with Gasteiger partial charge in [-0.25, -0.2) is 0 Å². The van der Waals surface area contributed by atoms with Crippen molar-refractivity contribution in [3.8, 4) is 0 Å². The highest BCUT2D eigenvalue weighted by molar-refractivity contribution is 6.02. The molecule has 0 bridgehead atoms. The molecule has 2 heterocycles. The van der Waals surface area contributed by atoms with Gasteiger partial charge in [-0.05, 0) is 31.5 Å². The second kappa shape index (κ2) is 9.51. The van der Waals surface area contributed by atoms with Gasteiger partial charge in [0.05, 0.1) is 24.6 Å². The third kappa shape index (κ3) is 6.02. The number of hydrogen-bond acceptors (Lipinski definition) is 6. The quantitative estimate of drug-likeness (QED) is 0.358. The molecule has 1 aromatic rings. The molecule has 0 spiro atoms. The summed E-state index contributed by atoms with van der Waals surface area (Å²) in [5.41, 5.74) is 7.68. The average Bonchev–Trinajstić information content (AvgIpc) is 3.33. The highest BCUT2D eigenvalue weighted by Gasteiger charge is 2.27. The van der Waals surface area contributed by atoms with Gasteiger partial charge in [-0.3, -0.25) is 15.0 Å². The topological polar surface area (TPSA) is 141 Å². The lowest BCUT2D eigenvalue weighted by atomic mass is 10.0. The van der Waals surface area contributed by atoms with E-state index in [-0.39, 0.29) is 30.7 Å². The molecule has 9 nitrogen and oxygen atoms in total. The Kier molecular flexibility index (Phi) is 6.82. The first-order chi connectivity index (χ1) is 13.9. The molecule has 2 atom stereocenters. The number of amides is 1. The van der Waals surface area contributed by atoms with Crippen LogP contribution < -0.4 is 11.1 Å². The number of oxime groups is 1. The van der Waals surface area contributed by atoms with Gasteiger partial charge < -0.3 is 25.9 Å². The number of nitrogens with two attached hydrogens (primary N) is 1. The van der Waals surface area contributed by atoms with Crippen LogP contribution in [-0.4, -0.2) is 65.2 Å². The standard InChI is InChI=1S/C20H27N5O4/c21-20(22)14-5-3-13(4-6-14)17-10-16(29-24-17)11-18(26)23-15(9-19(27)28)12-25-7-1-2-8-25/h3-6,15-16H,1-2,7-12H2,(H3,21,22)(H,23,26)(H,27,28)/t15-,16?/m0/s1. The van der Waals surface area contributed by atoms with Crippen molar-refractivity contribution in [2.45, 2.75) is 44.2 Å². The Balaban J connectivity index is 1.49. The van der Waals surface area contributed by atoms with Crippen LogP contribution in [0.2, 0.25) is 0 Å². The fourth-order valence-corrected chi connectivity index (χ4v) is 3.69. The molecule has 3 rings (SSSR count). The number of aliphatic carboxylic acids is 1. The monoisotopic (exact) mass is 401 g/mol. The van der Waals surface area contributed by atoms with Crippen molar-refractivity contribution in [3.05, 3.63) is 35.4 Å². The number of benzene rings is 1. The van der Waals surface area contributed by atoms with Gasteiger partial charge in [0, 0.05) is 18.5 Å².